The van der Waals surface area contributed by atoms with Gasteiger partial charge >= 0.3 is 6.18 Å². The number of aryl methyl sites for hydroxylation is 2. The first-order chi connectivity index (χ1) is 18.7. The van der Waals surface area contributed by atoms with E-state index < -0.39 is 17.6 Å². The maximum absolute atomic E-state index is 13.6. The molecular formula is C27H21F3N8O. The second kappa shape index (κ2) is 10.3. The molecule has 3 aromatic heterocycles. The van der Waals surface area contributed by atoms with Crippen molar-refractivity contribution in [2.24, 2.45) is 0 Å². The van der Waals surface area contributed by atoms with Gasteiger partial charge in [-0.1, -0.05) is 0 Å². The number of anilines is 3. The Bertz CT molecular complexity index is 1650. The monoisotopic (exact) mass is 530 g/mol. The third-order valence-corrected chi connectivity index (χ3v) is 5.73. The Kier molecular flexibility index (Phi) is 6.75. The van der Waals surface area contributed by atoms with Crippen molar-refractivity contribution in [1.82, 2.24) is 29.5 Å². The van der Waals surface area contributed by atoms with Crippen molar-refractivity contribution >= 4 is 23.2 Å². The SMILES string of the molecule is Cc1cn(-c2cc(NC(=O)c3ccc(Nc4nccc(-c5nccnc5C)n4)cc3)ccc2C(F)(F)F)cn1. The maximum atomic E-state index is 13.6. The predicted molar refractivity (Wildman–Crippen MR) is 139 cm³/mol. The number of carbonyl (C=O) groups is 1. The zero-order chi connectivity index (χ0) is 27.6. The molecule has 5 aromatic rings. The molecule has 3 heterocycles. The molecule has 2 N–H and O–H groups in total. The number of imidazole rings is 1. The highest BCUT2D eigenvalue weighted by atomic mass is 19.4. The summed E-state index contributed by atoms with van der Waals surface area (Å²) in [5.74, 6) is -0.146. The summed E-state index contributed by atoms with van der Waals surface area (Å²) in [5, 5.41) is 5.74. The molecule has 0 fully saturated rings. The van der Waals surface area contributed by atoms with E-state index in [-0.39, 0.29) is 11.4 Å². The molecule has 0 unspecified atom stereocenters. The van der Waals surface area contributed by atoms with Gasteiger partial charge in [-0.25, -0.2) is 15.0 Å². The molecule has 0 spiro atoms. The summed E-state index contributed by atoms with van der Waals surface area (Å²) in [7, 11) is 0. The van der Waals surface area contributed by atoms with Gasteiger partial charge in [0.05, 0.1) is 34.7 Å². The van der Waals surface area contributed by atoms with E-state index in [1.54, 1.807) is 55.8 Å². The molecule has 196 valence electrons. The molecule has 0 aliphatic rings. The van der Waals surface area contributed by atoms with Gasteiger partial charge in [0.25, 0.3) is 5.91 Å². The zero-order valence-electron chi connectivity index (χ0n) is 20.7. The molecule has 1 amide bonds. The Morgan fingerprint density at radius 3 is 2.31 bits per heavy atom. The summed E-state index contributed by atoms with van der Waals surface area (Å²) in [5.41, 5.74) is 2.72. The van der Waals surface area contributed by atoms with Crippen molar-refractivity contribution in [3.63, 3.8) is 0 Å². The van der Waals surface area contributed by atoms with Gasteiger partial charge in [-0.05, 0) is 62.4 Å². The Morgan fingerprint density at radius 2 is 1.62 bits per heavy atom. The first-order valence-electron chi connectivity index (χ1n) is 11.7. The largest absolute Gasteiger partial charge is 0.418 e. The topological polar surface area (TPSA) is 111 Å². The Morgan fingerprint density at radius 1 is 0.872 bits per heavy atom. The van der Waals surface area contributed by atoms with Gasteiger partial charge in [0.15, 0.2) is 0 Å². The highest BCUT2D eigenvalue weighted by Gasteiger charge is 2.34. The van der Waals surface area contributed by atoms with Gasteiger partial charge in [0, 0.05) is 41.7 Å². The highest BCUT2D eigenvalue weighted by Crippen LogP contribution is 2.35. The average Bonchev–Trinajstić information content (AvgIpc) is 3.35. The van der Waals surface area contributed by atoms with Gasteiger partial charge in [-0.2, -0.15) is 13.2 Å². The van der Waals surface area contributed by atoms with Crippen LogP contribution in [0.15, 0.2) is 79.6 Å². The number of nitrogens with zero attached hydrogens (tertiary/aromatic N) is 6. The van der Waals surface area contributed by atoms with Crippen LogP contribution in [0.3, 0.4) is 0 Å². The first kappa shape index (κ1) is 25.5. The molecule has 5 rings (SSSR count). The number of amides is 1. The van der Waals surface area contributed by atoms with E-state index in [0.717, 1.165) is 11.8 Å². The third-order valence-electron chi connectivity index (χ3n) is 5.73. The second-order valence-corrected chi connectivity index (χ2v) is 8.56. The van der Waals surface area contributed by atoms with Crippen LogP contribution < -0.4 is 10.6 Å². The van der Waals surface area contributed by atoms with E-state index in [1.165, 1.54) is 29.2 Å². The number of halogens is 3. The number of rotatable bonds is 6. The Balaban J connectivity index is 1.31. The Labute approximate surface area is 220 Å². The maximum Gasteiger partial charge on any atom is 0.418 e. The quantitative estimate of drug-likeness (QED) is 0.288. The minimum atomic E-state index is -4.57. The van der Waals surface area contributed by atoms with Crippen molar-refractivity contribution in [2.45, 2.75) is 20.0 Å². The fourth-order valence-electron chi connectivity index (χ4n) is 3.86. The van der Waals surface area contributed by atoms with E-state index in [9.17, 15) is 18.0 Å². The fraction of sp³-hybridized carbons (Fsp3) is 0.111. The van der Waals surface area contributed by atoms with Crippen LogP contribution in [-0.2, 0) is 6.18 Å². The number of aromatic nitrogens is 6. The summed E-state index contributed by atoms with van der Waals surface area (Å²) in [6, 6.07) is 11.7. The predicted octanol–water partition coefficient (Wildman–Crippen LogP) is 5.75. The lowest BCUT2D eigenvalue weighted by atomic mass is 10.1. The van der Waals surface area contributed by atoms with Crippen LogP contribution >= 0.6 is 0 Å². The normalized spacial score (nSPS) is 11.3. The van der Waals surface area contributed by atoms with Crippen LogP contribution in [0.25, 0.3) is 17.1 Å². The number of hydrogen-bond donors (Lipinski definition) is 2. The lowest BCUT2D eigenvalue weighted by Crippen LogP contribution is -2.14. The van der Waals surface area contributed by atoms with Gasteiger partial charge in [-0.15, -0.1) is 0 Å². The number of hydrogen-bond acceptors (Lipinski definition) is 7. The van der Waals surface area contributed by atoms with Crippen LogP contribution in [0.1, 0.15) is 27.3 Å². The molecule has 0 saturated heterocycles. The molecule has 2 aromatic carbocycles. The van der Waals surface area contributed by atoms with Gasteiger partial charge in [0.1, 0.15) is 5.69 Å². The summed E-state index contributed by atoms with van der Waals surface area (Å²) >= 11 is 0. The minimum absolute atomic E-state index is 0.139. The summed E-state index contributed by atoms with van der Waals surface area (Å²) in [4.78, 5) is 34.1. The van der Waals surface area contributed by atoms with E-state index in [2.05, 4.69) is 35.6 Å². The summed E-state index contributed by atoms with van der Waals surface area (Å²) in [6.07, 6.45) is 3.00. The van der Waals surface area contributed by atoms with E-state index in [1.807, 2.05) is 6.92 Å². The van der Waals surface area contributed by atoms with Gasteiger partial charge in [0.2, 0.25) is 5.95 Å². The number of carbonyl (C=O) groups excluding carboxylic acids is 1. The molecule has 0 bridgehead atoms. The number of benzene rings is 2. The number of alkyl halides is 3. The van der Waals surface area contributed by atoms with Gasteiger partial charge in [-0.3, -0.25) is 14.8 Å². The zero-order valence-corrected chi connectivity index (χ0v) is 20.7. The third kappa shape index (κ3) is 5.74. The minimum Gasteiger partial charge on any atom is -0.324 e. The van der Waals surface area contributed by atoms with Crippen molar-refractivity contribution in [3.05, 3.63) is 102 Å². The second-order valence-electron chi connectivity index (χ2n) is 8.56. The first-order valence-corrected chi connectivity index (χ1v) is 11.7. The molecule has 0 radical (unpaired) electrons. The van der Waals surface area contributed by atoms with Crippen LogP contribution in [-0.4, -0.2) is 35.4 Å². The summed E-state index contributed by atoms with van der Waals surface area (Å²) < 4.78 is 42.0. The standard InChI is InChI=1S/C27H21F3N8O/c1-16-14-38(15-34-16)23-13-20(7-8-21(23)27(28,29)30)35-25(39)18-3-5-19(6-4-18)36-26-33-10-9-22(37-26)24-17(2)31-11-12-32-24/h3-15H,1-2H3,(H,35,39)(H,33,36,37). The van der Waals surface area contributed by atoms with Crippen molar-refractivity contribution in [3.8, 4) is 17.1 Å². The molecule has 0 atom stereocenters. The molecular weight excluding hydrogens is 509 g/mol. The molecule has 12 heteroatoms. The molecule has 0 saturated carbocycles. The smallest absolute Gasteiger partial charge is 0.324 e. The summed E-state index contributed by atoms with van der Waals surface area (Å²) in [6.45, 7) is 3.51. The van der Waals surface area contributed by atoms with E-state index in [4.69, 9.17) is 0 Å². The molecule has 39 heavy (non-hydrogen) atoms. The lowest BCUT2D eigenvalue weighted by Gasteiger charge is -2.15. The Hall–Kier alpha value is -5.13. The molecule has 0 aliphatic carbocycles. The van der Waals surface area contributed by atoms with Crippen molar-refractivity contribution in [1.29, 1.82) is 0 Å². The van der Waals surface area contributed by atoms with E-state index >= 15 is 0 Å². The van der Waals surface area contributed by atoms with Crippen molar-refractivity contribution < 1.29 is 18.0 Å². The lowest BCUT2D eigenvalue weighted by molar-refractivity contribution is -0.137. The van der Waals surface area contributed by atoms with Gasteiger partial charge < -0.3 is 15.2 Å². The van der Waals surface area contributed by atoms with Crippen LogP contribution in [0.4, 0.5) is 30.5 Å². The van der Waals surface area contributed by atoms with E-state index in [0.29, 0.717) is 34.3 Å². The molecule has 0 aliphatic heterocycles. The van der Waals surface area contributed by atoms with Crippen molar-refractivity contribution in [2.75, 3.05) is 10.6 Å². The average molecular weight is 531 g/mol. The van der Waals surface area contributed by atoms with Crippen LogP contribution in [0.5, 0.6) is 0 Å². The molecule has 9 nitrogen and oxygen atoms in total. The highest BCUT2D eigenvalue weighted by molar-refractivity contribution is 6.04. The van der Waals surface area contributed by atoms with Crippen LogP contribution in [0.2, 0.25) is 0 Å². The number of nitrogens with one attached hydrogen (secondary N) is 2. The van der Waals surface area contributed by atoms with Crippen LogP contribution in [0, 0.1) is 13.8 Å². The fourth-order valence-corrected chi connectivity index (χ4v) is 3.86.